The molecule has 2 amide bonds. The molecule has 0 bridgehead atoms. The molecular weight excluding hydrogens is 450 g/mol. The maximum atomic E-state index is 13.5. The summed E-state index contributed by atoms with van der Waals surface area (Å²) >= 11 is 0. The number of carbonyl (C=O) groups is 2. The summed E-state index contributed by atoms with van der Waals surface area (Å²) in [6, 6.07) is 26.1. The van der Waals surface area contributed by atoms with Crippen LogP contribution in [0.3, 0.4) is 0 Å². The van der Waals surface area contributed by atoms with E-state index in [0.717, 1.165) is 22.0 Å². The van der Waals surface area contributed by atoms with Gasteiger partial charge in [-0.05, 0) is 41.7 Å². The van der Waals surface area contributed by atoms with E-state index >= 15 is 0 Å². The molecule has 6 nitrogen and oxygen atoms in total. The second-order valence-corrected chi connectivity index (χ2v) is 9.69. The normalized spacial score (nSPS) is 14.7. The van der Waals surface area contributed by atoms with Gasteiger partial charge in [-0.2, -0.15) is 0 Å². The van der Waals surface area contributed by atoms with Gasteiger partial charge in [-0.15, -0.1) is 0 Å². The van der Waals surface area contributed by atoms with Gasteiger partial charge in [-0.1, -0.05) is 72.8 Å². The van der Waals surface area contributed by atoms with Crippen LogP contribution in [0.2, 0.25) is 0 Å². The molecule has 184 valence electrons. The molecule has 4 aromatic rings. The van der Waals surface area contributed by atoms with E-state index in [0.29, 0.717) is 32.2 Å². The Kier molecular flexibility index (Phi) is 6.76. The zero-order valence-corrected chi connectivity index (χ0v) is 20.4. The Balaban J connectivity index is 1.29. The number of aromatic nitrogens is 1. The lowest BCUT2D eigenvalue weighted by Gasteiger charge is -2.30. The zero-order chi connectivity index (χ0) is 25.0. The van der Waals surface area contributed by atoms with Crippen molar-refractivity contribution in [3.05, 3.63) is 107 Å². The van der Waals surface area contributed by atoms with Crippen molar-refractivity contribution in [1.29, 1.82) is 0 Å². The number of fused-ring (bicyclic) bond motifs is 2. The Morgan fingerprint density at radius 2 is 1.61 bits per heavy atom. The van der Waals surface area contributed by atoms with Gasteiger partial charge >= 0.3 is 6.09 Å². The summed E-state index contributed by atoms with van der Waals surface area (Å²) in [6.45, 7) is 2.23. The van der Waals surface area contributed by atoms with Crippen LogP contribution < -0.4 is 10.6 Å². The largest absolute Gasteiger partial charge is 0.446 e. The van der Waals surface area contributed by atoms with E-state index < -0.39 is 11.6 Å². The number of ether oxygens (including phenoxy) is 1. The average molecular weight is 482 g/mol. The van der Waals surface area contributed by atoms with Crippen LogP contribution in [0.25, 0.3) is 10.9 Å². The Morgan fingerprint density at radius 1 is 0.944 bits per heavy atom. The van der Waals surface area contributed by atoms with Crippen LogP contribution in [-0.4, -0.2) is 35.2 Å². The number of benzene rings is 3. The number of hydrogen-bond donors (Lipinski definition) is 3. The van der Waals surface area contributed by atoms with Crippen LogP contribution in [0.4, 0.5) is 4.79 Å². The average Bonchev–Trinajstić information content (AvgIpc) is 3.48. The maximum absolute atomic E-state index is 13.5. The third-order valence-electron chi connectivity index (χ3n) is 6.93. The second kappa shape index (κ2) is 10.3. The van der Waals surface area contributed by atoms with Gasteiger partial charge in [0.25, 0.3) is 0 Å². The van der Waals surface area contributed by atoms with Crippen molar-refractivity contribution in [2.75, 3.05) is 6.54 Å². The van der Waals surface area contributed by atoms with Crippen LogP contribution >= 0.6 is 0 Å². The van der Waals surface area contributed by atoms with Crippen molar-refractivity contribution in [3.63, 3.8) is 0 Å². The molecule has 1 unspecified atom stereocenters. The highest BCUT2D eigenvalue weighted by Gasteiger charge is 2.37. The molecule has 1 aliphatic carbocycles. The molecule has 0 aliphatic heterocycles. The summed E-state index contributed by atoms with van der Waals surface area (Å²) in [5.74, 6) is -0.240. The minimum Gasteiger partial charge on any atom is -0.446 e. The fourth-order valence-electron chi connectivity index (χ4n) is 5.01. The van der Waals surface area contributed by atoms with E-state index in [1.165, 1.54) is 11.1 Å². The SMILES string of the molecule is CC(Cc1c[nH]c2ccccc12)(NC(=O)OC1Cc2ccccc2C1)C(=O)NCCc1ccccc1. The third-order valence-corrected chi connectivity index (χ3v) is 6.93. The van der Waals surface area contributed by atoms with Gasteiger partial charge in [-0.25, -0.2) is 4.79 Å². The molecule has 6 heteroatoms. The minimum atomic E-state index is -1.19. The van der Waals surface area contributed by atoms with E-state index in [1.807, 2.05) is 72.9 Å². The standard InChI is InChI=1S/C30H31N3O3/c1-30(19-24-20-32-27-14-8-7-13-26(24)27,28(34)31-16-15-21-9-3-2-4-10-21)33-29(35)36-25-17-22-11-5-6-12-23(22)18-25/h2-14,20,25,32H,15-19H2,1H3,(H,31,34)(H,33,35). The van der Waals surface area contributed by atoms with Crippen molar-refractivity contribution in [2.24, 2.45) is 0 Å². The van der Waals surface area contributed by atoms with E-state index in [2.05, 4.69) is 27.8 Å². The van der Waals surface area contributed by atoms with Crippen LogP contribution in [0, 0.1) is 0 Å². The van der Waals surface area contributed by atoms with Crippen molar-refractivity contribution in [2.45, 2.75) is 44.2 Å². The number of amides is 2. The lowest BCUT2D eigenvalue weighted by molar-refractivity contribution is -0.126. The number of H-pyrrole nitrogens is 1. The molecule has 1 aliphatic rings. The number of para-hydroxylation sites is 1. The predicted molar refractivity (Wildman–Crippen MR) is 141 cm³/mol. The van der Waals surface area contributed by atoms with Crippen LogP contribution in [-0.2, 0) is 35.2 Å². The van der Waals surface area contributed by atoms with E-state index in [4.69, 9.17) is 4.74 Å². The number of alkyl carbamates (subject to hydrolysis) is 1. The Labute approximate surface area is 211 Å². The molecule has 1 aromatic heterocycles. The fourth-order valence-corrected chi connectivity index (χ4v) is 5.01. The van der Waals surface area contributed by atoms with Gasteiger partial charge < -0.3 is 20.4 Å². The first-order chi connectivity index (χ1) is 17.5. The summed E-state index contributed by atoms with van der Waals surface area (Å²) in [5.41, 5.74) is 4.31. The fraction of sp³-hybridized carbons (Fsp3) is 0.267. The van der Waals surface area contributed by atoms with E-state index in [-0.39, 0.29) is 12.0 Å². The molecule has 36 heavy (non-hydrogen) atoms. The highest BCUT2D eigenvalue weighted by molar-refractivity contribution is 5.91. The monoisotopic (exact) mass is 481 g/mol. The maximum Gasteiger partial charge on any atom is 0.408 e. The Hall–Kier alpha value is -4.06. The molecule has 0 radical (unpaired) electrons. The van der Waals surface area contributed by atoms with Gasteiger partial charge in [0.15, 0.2) is 0 Å². The lowest BCUT2D eigenvalue weighted by atomic mass is 9.91. The summed E-state index contributed by atoms with van der Waals surface area (Å²) < 4.78 is 5.78. The quantitative estimate of drug-likeness (QED) is 0.341. The van der Waals surface area contributed by atoms with Gasteiger partial charge in [-0.3, -0.25) is 4.79 Å². The molecule has 3 aromatic carbocycles. The highest BCUT2D eigenvalue weighted by Crippen LogP contribution is 2.25. The smallest absolute Gasteiger partial charge is 0.408 e. The Morgan fingerprint density at radius 3 is 2.36 bits per heavy atom. The topological polar surface area (TPSA) is 83.2 Å². The molecule has 5 rings (SSSR count). The molecule has 0 spiro atoms. The van der Waals surface area contributed by atoms with Crippen molar-refractivity contribution in [1.82, 2.24) is 15.6 Å². The first-order valence-corrected chi connectivity index (χ1v) is 12.4. The Bertz CT molecular complexity index is 1340. The number of nitrogens with one attached hydrogen (secondary N) is 3. The van der Waals surface area contributed by atoms with Crippen LogP contribution in [0.15, 0.2) is 85.1 Å². The zero-order valence-electron chi connectivity index (χ0n) is 20.4. The first-order valence-electron chi connectivity index (χ1n) is 12.4. The van der Waals surface area contributed by atoms with Crippen LogP contribution in [0.1, 0.15) is 29.2 Å². The minimum absolute atomic E-state index is 0.235. The number of rotatable bonds is 8. The molecule has 3 N–H and O–H groups in total. The molecule has 0 saturated carbocycles. The number of carbonyl (C=O) groups excluding carboxylic acids is 2. The summed E-state index contributed by atoms with van der Waals surface area (Å²) in [6.07, 6.45) is 3.50. The summed E-state index contributed by atoms with van der Waals surface area (Å²) in [5, 5.41) is 6.97. The summed E-state index contributed by atoms with van der Waals surface area (Å²) in [4.78, 5) is 29.8. The van der Waals surface area contributed by atoms with Gasteiger partial charge in [0.2, 0.25) is 5.91 Å². The number of aromatic amines is 1. The van der Waals surface area contributed by atoms with Crippen LogP contribution in [0.5, 0.6) is 0 Å². The highest BCUT2D eigenvalue weighted by atomic mass is 16.6. The first kappa shape index (κ1) is 23.7. The second-order valence-electron chi connectivity index (χ2n) is 9.69. The lowest BCUT2D eigenvalue weighted by Crippen LogP contribution is -2.58. The van der Waals surface area contributed by atoms with E-state index in [1.54, 1.807) is 6.92 Å². The van der Waals surface area contributed by atoms with Crippen molar-refractivity contribution in [3.8, 4) is 0 Å². The predicted octanol–water partition coefficient (Wildman–Crippen LogP) is 4.72. The third kappa shape index (κ3) is 5.28. The van der Waals surface area contributed by atoms with Gasteiger partial charge in [0.05, 0.1) is 0 Å². The van der Waals surface area contributed by atoms with E-state index in [9.17, 15) is 9.59 Å². The molecule has 1 heterocycles. The molecule has 0 saturated heterocycles. The van der Waals surface area contributed by atoms with Crippen molar-refractivity contribution >= 4 is 22.9 Å². The molecular formula is C30H31N3O3. The summed E-state index contributed by atoms with van der Waals surface area (Å²) in [7, 11) is 0. The molecule has 1 atom stereocenters. The van der Waals surface area contributed by atoms with Gasteiger partial charge in [0, 0.05) is 42.9 Å². The molecule has 0 fully saturated rings. The number of hydrogen-bond acceptors (Lipinski definition) is 3. The van der Waals surface area contributed by atoms with Gasteiger partial charge in [0.1, 0.15) is 11.6 Å². The van der Waals surface area contributed by atoms with Crippen molar-refractivity contribution < 1.29 is 14.3 Å².